The molecule has 0 aliphatic carbocycles. The van der Waals surface area contributed by atoms with E-state index in [-0.39, 0.29) is 0 Å². The molecule has 1 aliphatic heterocycles. The number of hydrogen-bond donors (Lipinski definition) is 1. The summed E-state index contributed by atoms with van der Waals surface area (Å²) in [6.07, 6.45) is 5.03. The topological polar surface area (TPSA) is 41.1 Å². The first-order valence-corrected chi connectivity index (χ1v) is 9.63. The number of fused-ring (bicyclic) bond motifs is 1. The van der Waals surface area contributed by atoms with Crippen LogP contribution < -0.4 is 10.2 Å². The van der Waals surface area contributed by atoms with Crippen LogP contribution in [0.2, 0.25) is 5.02 Å². The van der Waals surface area contributed by atoms with E-state index >= 15 is 0 Å². The Hall–Kier alpha value is -2.33. The van der Waals surface area contributed by atoms with Crippen molar-refractivity contribution in [3.63, 3.8) is 0 Å². The van der Waals surface area contributed by atoms with Crippen LogP contribution >= 0.6 is 11.6 Å². The molecular weight excluding hydrogens is 344 g/mol. The van der Waals surface area contributed by atoms with Crippen molar-refractivity contribution in [3.05, 3.63) is 53.1 Å². The van der Waals surface area contributed by atoms with Gasteiger partial charge in [0.1, 0.15) is 5.82 Å². The van der Waals surface area contributed by atoms with Crippen LogP contribution in [-0.2, 0) is 0 Å². The van der Waals surface area contributed by atoms with Crippen molar-refractivity contribution in [1.82, 2.24) is 9.97 Å². The van der Waals surface area contributed by atoms with Gasteiger partial charge >= 0.3 is 0 Å². The lowest BCUT2D eigenvalue weighted by Crippen LogP contribution is -2.25. The summed E-state index contributed by atoms with van der Waals surface area (Å²) in [5.74, 6) is 1.65. The Labute approximate surface area is 159 Å². The Morgan fingerprint density at radius 2 is 1.73 bits per heavy atom. The number of aromatic nitrogens is 2. The van der Waals surface area contributed by atoms with E-state index in [4.69, 9.17) is 21.6 Å². The number of hydrogen-bond acceptors (Lipinski definition) is 4. The molecule has 2 aromatic carbocycles. The third-order valence-electron chi connectivity index (χ3n) is 4.93. The minimum absolute atomic E-state index is 0.619. The van der Waals surface area contributed by atoms with E-state index < -0.39 is 0 Å². The van der Waals surface area contributed by atoms with Crippen LogP contribution in [0.1, 0.15) is 31.2 Å². The van der Waals surface area contributed by atoms with E-state index in [0.29, 0.717) is 11.0 Å². The number of nitrogens with zero attached hydrogens (tertiary/aromatic N) is 3. The monoisotopic (exact) mass is 366 g/mol. The van der Waals surface area contributed by atoms with Crippen molar-refractivity contribution < 1.29 is 0 Å². The van der Waals surface area contributed by atoms with Gasteiger partial charge in [-0.1, -0.05) is 42.6 Å². The Bertz CT molecular complexity index is 917. The van der Waals surface area contributed by atoms with Gasteiger partial charge in [-0.2, -0.15) is 4.98 Å². The number of benzene rings is 2. The highest BCUT2D eigenvalue weighted by molar-refractivity contribution is 6.30. The summed E-state index contributed by atoms with van der Waals surface area (Å²) < 4.78 is 0. The SMILES string of the molecule is Cc1ccc(Cl)cc1Nc1nc(N2CCCCCC2)c2ccccc2n1. The van der Waals surface area contributed by atoms with E-state index in [9.17, 15) is 0 Å². The molecule has 0 saturated carbocycles. The van der Waals surface area contributed by atoms with Gasteiger partial charge in [-0.05, 0) is 49.6 Å². The summed E-state index contributed by atoms with van der Waals surface area (Å²) in [5, 5.41) is 5.18. The lowest BCUT2D eigenvalue weighted by atomic mass is 10.2. The van der Waals surface area contributed by atoms with E-state index in [0.717, 1.165) is 41.1 Å². The quantitative estimate of drug-likeness (QED) is 0.644. The van der Waals surface area contributed by atoms with Crippen LogP contribution in [0.3, 0.4) is 0 Å². The molecule has 1 N–H and O–H groups in total. The molecule has 1 aliphatic rings. The predicted molar refractivity (Wildman–Crippen MR) is 110 cm³/mol. The highest BCUT2D eigenvalue weighted by atomic mass is 35.5. The summed E-state index contributed by atoms with van der Waals surface area (Å²) >= 11 is 6.16. The van der Waals surface area contributed by atoms with Gasteiger partial charge < -0.3 is 10.2 Å². The zero-order valence-corrected chi connectivity index (χ0v) is 15.8. The molecule has 1 aromatic heterocycles. The summed E-state index contributed by atoms with van der Waals surface area (Å²) in [6.45, 7) is 4.16. The first-order chi connectivity index (χ1) is 12.7. The normalized spacial score (nSPS) is 15.1. The molecule has 1 saturated heterocycles. The summed E-state index contributed by atoms with van der Waals surface area (Å²) in [7, 11) is 0. The van der Waals surface area contributed by atoms with Gasteiger partial charge in [-0.25, -0.2) is 4.98 Å². The summed E-state index contributed by atoms with van der Waals surface area (Å²) in [4.78, 5) is 12.0. The molecule has 26 heavy (non-hydrogen) atoms. The molecule has 0 radical (unpaired) electrons. The smallest absolute Gasteiger partial charge is 0.229 e. The number of nitrogens with one attached hydrogen (secondary N) is 1. The van der Waals surface area contributed by atoms with Crippen molar-refractivity contribution in [2.24, 2.45) is 0 Å². The zero-order chi connectivity index (χ0) is 17.9. The van der Waals surface area contributed by atoms with Crippen molar-refractivity contribution in [3.8, 4) is 0 Å². The second kappa shape index (κ2) is 7.50. The molecule has 3 aromatic rings. The maximum atomic E-state index is 6.16. The van der Waals surface area contributed by atoms with Gasteiger partial charge in [0, 0.05) is 29.2 Å². The number of aryl methyl sites for hydroxylation is 1. The second-order valence-corrected chi connectivity index (χ2v) is 7.31. The van der Waals surface area contributed by atoms with Gasteiger partial charge in [0.2, 0.25) is 5.95 Å². The fourth-order valence-corrected chi connectivity index (χ4v) is 3.66. The van der Waals surface area contributed by atoms with E-state index in [1.54, 1.807) is 0 Å². The molecule has 0 amide bonds. The summed E-state index contributed by atoms with van der Waals surface area (Å²) in [6, 6.07) is 14.1. The molecule has 4 rings (SSSR count). The van der Waals surface area contributed by atoms with Crippen molar-refractivity contribution >= 4 is 40.0 Å². The van der Waals surface area contributed by atoms with Gasteiger partial charge in [-0.15, -0.1) is 0 Å². The van der Waals surface area contributed by atoms with Gasteiger partial charge in [0.05, 0.1) is 5.52 Å². The molecule has 4 nitrogen and oxygen atoms in total. The van der Waals surface area contributed by atoms with E-state index in [1.165, 1.54) is 25.7 Å². The number of para-hydroxylation sites is 1. The first kappa shape index (κ1) is 17.1. The van der Waals surface area contributed by atoms with Crippen molar-refractivity contribution in [1.29, 1.82) is 0 Å². The van der Waals surface area contributed by atoms with Crippen LogP contribution in [-0.4, -0.2) is 23.1 Å². The molecule has 0 spiro atoms. The van der Waals surface area contributed by atoms with Gasteiger partial charge in [-0.3, -0.25) is 0 Å². The molecule has 2 heterocycles. The third-order valence-corrected chi connectivity index (χ3v) is 5.17. The molecule has 5 heteroatoms. The molecule has 1 fully saturated rings. The van der Waals surface area contributed by atoms with Crippen LogP contribution in [0.15, 0.2) is 42.5 Å². The van der Waals surface area contributed by atoms with Crippen LogP contribution in [0.4, 0.5) is 17.5 Å². The van der Waals surface area contributed by atoms with E-state index in [1.807, 2.05) is 30.3 Å². The van der Waals surface area contributed by atoms with Gasteiger partial charge in [0.25, 0.3) is 0 Å². The standard InChI is InChI=1S/C21H23ClN4/c1-15-10-11-16(22)14-19(15)24-21-23-18-9-5-4-8-17(18)20(25-21)26-12-6-2-3-7-13-26/h4-5,8-11,14H,2-3,6-7,12-13H2,1H3,(H,23,24,25). The van der Waals surface area contributed by atoms with Crippen molar-refractivity contribution in [2.75, 3.05) is 23.3 Å². The first-order valence-electron chi connectivity index (χ1n) is 9.25. The van der Waals surface area contributed by atoms with Crippen LogP contribution in [0.25, 0.3) is 10.9 Å². The number of anilines is 3. The Balaban J connectivity index is 1.77. The van der Waals surface area contributed by atoms with Crippen molar-refractivity contribution in [2.45, 2.75) is 32.6 Å². The lowest BCUT2D eigenvalue weighted by Gasteiger charge is -2.23. The fourth-order valence-electron chi connectivity index (χ4n) is 3.49. The number of rotatable bonds is 3. The average molecular weight is 367 g/mol. The largest absolute Gasteiger partial charge is 0.356 e. The highest BCUT2D eigenvalue weighted by Crippen LogP contribution is 2.29. The lowest BCUT2D eigenvalue weighted by molar-refractivity contribution is 0.726. The molecule has 0 unspecified atom stereocenters. The van der Waals surface area contributed by atoms with E-state index in [2.05, 4.69) is 29.3 Å². The molecule has 0 bridgehead atoms. The molecular formula is C21H23ClN4. The predicted octanol–water partition coefficient (Wildman–Crippen LogP) is 5.72. The average Bonchev–Trinajstić information content (AvgIpc) is 2.93. The minimum Gasteiger partial charge on any atom is -0.356 e. The maximum absolute atomic E-state index is 6.16. The number of halogens is 1. The fraction of sp³-hybridized carbons (Fsp3) is 0.333. The van der Waals surface area contributed by atoms with Gasteiger partial charge in [0.15, 0.2) is 0 Å². The maximum Gasteiger partial charge on any atom is 0.229 e. The second-order valence-electron chi connectivity index (χ2n) is 6.87. The van der Waals surface area contributed by atoms with Crippen LogP contribution in [0, 0.1) is 6.92 Å². The Kier molecular flexibility index (Phi) is 4.93. The Morgan fingerprint density at radius 3 is 2.54 bits per heavy atom. The minimum atomic E-state index is 0.619. The van der Waals surface area contributed by atoms with Crippen LogP contribution in [0.5, 0.6) is 0 Å². The zero-order valence-electron chi connectivity index (χ0n) is 15.0. The summed E-state index contributed by atoms with van der Waals surface area (Å²) in [5.41, 5.74) is 3.01. The molecule has 134 valence electrons. The Morgan fingerprint density at radius 1 is 0.962 bits per heavy atom. The third kappa shape index (κ3) is 3.61. The molecule has 0 atom stereocenters. The highest BCUT2D eigenvalue weighted by Gasteiger charge is 2.16.